The lowest BCUT2D eigenvalue weighted by Crippen LogP contribution is -1.78. The van der Waals surface area contributed by atoms with Crippen LogP contribution in [0.5, 0.6) is 5.75 Å². The highest BCUT2D eigenvalue weighted by Gasteiger charge is 1.89. The van der Waals surface area contributed by atoms with Crippen molar-refractivity contribution in [1.29, 1.82) is 0 Å². The average molecular weight is 149 g/mol. The Morgan fingerprint density at radius 3 is 2.64 bits per heavy atom. The molecule has 2 heteroatoms. The number of nitrogens with zero attached hydrogens (tertiary/aromatic N) is 1. The van der Waals surface area contributed by atoms with Crippen LogP contribution in [0.3, 0.4) is 0 Å². The Hall–Kier alpha value is -1.31. The summed E-state index contributed by atoms with van der Waals surface area (Å²) >= 11 is 0. The minimum absolute atomic E-state index is 0.205. The van der Waals surface area contributed by atoms with Crippen LogP contribution in [0.25, 0.3) is 6.08 Å². The van der Waals surface area contributed by atoms with Crippen LogP contribution in [-0.4, -0.2) is 10.1 Å². The van der Waals surface area contributed by atoms with Gasteiger partial charge in [0.25, 0.3) is 0 Å². The maximum absolute atomic E-state index is 8.91. The third-order valence-electron chi connectivity index (χ3n) is 1.21. The minimum Gasteiger partial charge on any atom is -0.506 e. The third kappa shape index (κ3) is 2.42. The van der Waals surface area contributed by atoms with Crippen molar-refractivity contribution in [2.45, 2.75) is 13.8 Å². The molecule has 0 fully saturated rings. The van der Waals surface area contributed by atoms with E-state index in [4.69, 9.17) is 5.11 Å². The Kier molecular flexibility index (Phi) is 2.26. The summed E-state index contributed by atoms with van der Waals surface area (Å²) in [6.07, 6.45) is 3.40. The topological polar surface area (TPSA) is 33.1 Å². The molecule has 0 aliphatic carbocycles. The predicted octanol–water partition coefficient (Wildman–Crippen LogP) is 2.21. The first kappa shape index (κ1) is 7.79. The monoisotopic (exact) mass is 149 g/mol. The lowest BCUT2D eigenvalue weighted by molar-refractivity contribution is 0.472. The van der Waals surface area contributed by atoms with Gasteiger partial charge >= 0.3 is 0 Å². The molecule has 0 saturated carbocycles. The molecule has 1 heterocycles. The second-order valence-corrected chi connectivity index (χ2v) is 2.66. The van der Waals surface area contributed by atoms with Crippen LogP contribution >= 0.6 is 0 Å². The number of hydrogen-bond donors (Lipinski definition) is 1. The SMILES string of the molecule is CC(C)=Cc1ccc(O)cn1. The molecule has 0 saturated heterocycles. The van der Waals surface area contributed by atoms with Gasteiger partial charge in [-0.2, -0.15) is 0 Å². The highest BCUT2D eigenvalue weighted by molar-refractivity contribution is 5.47. The largest absolute Gasteiger partial charge is 0.506 e. The van der Waals surface area contributed by atoms with E-state index in [1.165, 1.54) is 11.8 Å². The molecule has 1 rings (SSSR count). The van der Waals surface area contributed by atoms with Gasteiger partial charge in [-0.1, -0.05) is 5.57 Å². The summed E-state index contributed by atoms with van der Waals surface area (Å²) in [5, 5.41) is 8.91. The van der Waals surface area contributed by atoms with Crippen molar-refractivity contribution in [1.82, 2.24) is 4.98 Å². The fraction of sp³-hybridized carbons (Fsp3) is 0.222. The summed E-state index contributed by atoms with van der Waals surface area (Å²) in [7, 11) is 0. The molecule has 1 aromatic heterocycles. The molecule has 0 aliphatic rings. The average Bonchev–Trinajstić information content (AvgIpc) is 1.93. The Balaban J connectivity index is 2.91. The first-order chi connectivity index (χ1) is 5.18. The van der Waals surface area contributed by atoms with Crippen LogP contribution in [0.1, 0.15) is 19.5 Å². The van der Waals surface area contributed by atoms with E-state index in [1.54, 1.807) is 12.1 Å². The molecule has 0 spiro atoms. The van der Waals surface area contributed by atoms with Gasteiger partial charge in [-0.3, -0.25) is 4.98 Å². The number of aromatic hydroxyl groups is 1. The fourth-order valence-electron chi connectivity index (χ4n) is 0.779. The number of pyridine rings is 1. The molecule has 1 N–H and O–H groups in total. The van der Waals surface area contributed by atoms with Crippen molar-refractivity contribution in [3.05, 3.63) is 29.6 Å². The molecule has 2 nitrogen and oxygen atoms in total. The molecule has 0 atom stereocenters. The molecule has 0 bridgehead atoms. The first-order valence-electron chi connectivity index (χ1n) is 3.48. The van der Waals surface area contributed by atoms with E-state index in [0.29, 0.717) is 0 Å². The molecule has 58 valence electrons. The summed E-state index contributed by atoms with van der Waals surface area (Å²) in [4.78, 5) is 3.99. The van der Waals surface area contributed by atoms with E-state index in [0.717, 1.165) is 5.69 Å². The molecule has 0 aromatic carbocycles. The van der Waals surface area contributed by atoms with Crippen molar-refractivity contribution in [2.75, 3.05) is 0 Å². The van der Waals surface area contributed by atoms with Crippen LogP contribution in [0.4, 0.5) is 0 Å². The number of allylic oxidation sites excluding steroid dienone is 1. The molecular formula is C9H11NO. The van der Waals surface area contributed by atoms with Gasteiger partial charge in [-0.25, -0.2) is 0 Å². The predicted molar refractivity (Wildman–Crippen MR) is 45.2 cm³/mol. The zero-order chi connectivity index (χ0) is 8.27. The van der Waals surface area contributed by atoms with Crippen molar-refractivity contribution in [3.8, 4) is 5.75 Å². The maximum Gasteiger partial charge on any atom is 0.133 e. The smallest absolute Gasteiger partial charge is 0.133 e. The van der Waals surface area contributed by atoms with Crippen LogP contribution in [0.2, 0.25) is 0 Å². The summed E-state index contributed by atoms with van der Waals surface area (Å²) in [5.74, 6) is 0.205. The molecular weight excluding hydrogens is 138 g/mol. The lowest BCUT2D eigenvalue weighted by Gasteiger charge is -1.93. The van der Waals surface area contributed by atoms with E-state index < -0.39 is 0 Å². The van der Waals surface area contributed by atoms with E-state index in [2.05, 4.69) is 4.98 Å². The molecule has 0 aliphatic heterocycles. The highest BCUT2D eigenvalue weighted by atomic mass is 16.3. The van der Waals surface area contributed by atoms with E-state index in [1.807, 2.05) is 19.9 Å². The Bertz CT molecular complexity index is 257. The van der Waals surface area contributed by atoms with E-state index >= 15 is 0 Å². The molecule has 1 aromatic rings. The van der Waals surface area contributed by atoms with E-state index in [-0.39, 0.29) is 5.75 Å². The summed E-state index contributed by atoms with van der Waals surface area (Å²) in [6.45, 7) is 4.02. The van der Waals surface area contributed by atoms with Crippen molar-refractivity contribution in [2.24, 2.45) is 0 Å². The fourth-order valence-corrected chi connectivity index (χ4v) is 0.779. The highest BCUT2D eigenvalue weighted by Crippen LogP contribution is 2.08. The van der Waals surface area contributed by atoms with Gasteiger partial charge in [0.05, 0.1) is 11.9 Å². The van der Waals surface area contributed by atoms with Gasteiger partial charge in [0.15, 0.2) is 0 Å². The number of aromatic nitrogens is 1. The van der Waals surface area contributed by atoms with Crippen LogP contribution in [0, 0.1) is 0 Å². The normalized spacial score (nSPS) is 9.27. The second-order valence-electron chi connectivity index (χ2n) is 2.66. The minimum atomic E-state index is 0.205. The zero-order valence-electron chi connectivity index (χ0n) is 6.70. The standard InChI is InChI=1S/C9H11NO/c1-7(2)5-8-3-4-9(11)6-10-8/h3-6,11H,1-2H3. The summed E-state index contributed by atoms with van der Waals surface area (Å²) in [5.41, 5.74) is 2.07. The van der Waals surface area contributed by atoms with Gasteiger partial charge in [0.1, 0.15) is 5.75 Å². The van der Waals surface area contributed by atoms with Gasteiger partial charge < -0.3 is 5.11 Å². The van der Waals surface area contributed by atoms with E-state index in [9.17, 15) is 0 Å². The summed E-state index contributed by atoms with van der Waals surface area (Å²) < 4.78 is 0. The van der Waals surface area contributed by atoms with Gasteiger partial charge in [0, 0.05) is 0 Å². The van der Waals surface area contributed by atoms with Gasteiger partial charge in [0.2, 0.25) is 0 Å². The molecule has 0 radical (unpaired) electrons. The first-order valence-corrected chi connectivity index (χ1v) is 3.48. The van der Waals surface area contributed by atoms with Crippen molar-refractivity contribution >= 4 is 6.08 Å². The molecule has 0 amide bonds. The van der Waals surface area contributed by atoms with Crippen molar-refractivity contribution < 1.29 is 5.11 Å². The summed E-state index contributed by atoms with van der Waals surface area (Å²) in [6, 6.07) is 3.41. The van der Waals surface area contributed by atoms with Crippen LogP contribution in [0.15, 0.2) is 23.9 Å². The third-order valence-corrected chi connectivity index (χ3v) is 1.21. The quantitative estimate of drug-likeness (QED) is 0.664. The number of hydrogen-bond acceptors (Lipinski definition) is 2. The Morgan fingerprint density at radius 2 is 2.18 bits per heavy atom. The second kappa shape index (κ2) is 3.19. The molecule has 0 unspecified atom stereocenters. The molecule has 11 heavy (non-hydrogen) atoms. The maximum atomic E-state index is 8.91. The van der Waals surface area contributed by atoms with Gasteiger partial charge in [-0.05, 0) is 32.1 Å². The van der Waals surface area contributed by atoms with Crippen LogP contribution in [-0.2, 0) is 0 Å². The van der Waals surface area contributed by atoms with Crippen molar-refractivity contribution in [3.63, 3.8) is 0 Å². The number of rotatable bonds is 1. The zero-order valence-corrected chi connectivity index (χ0v) is 6.70. The van der Waals surface area contributed by atoms with Crippen LogP contribution < -0.4 is 0 Å². The Morgan fingerprint density at radius 1 is 1.45 bits per heavy atom. The lowest BCUT2D eigenvalue weighted by atomic mass is 10.2. The van der Waals surface area contributed by atoms with Gasteiger partial charge in [-0.15, -0.1) is 0 Å². The Labute approximate surface area is 66.2 Å².